The quantitative estimate of drug-likeness (QED) is 0.642. The molecule has 4 heteroatoms. The molecule has 0 radical (unpaired) electrons. The van der Waals surface area contributed by atoms with Gasteiger partial charge >= 0.3 is 0 Å². The molecule has 2 aromatic rings. The highest BCUT2D eigenvalue weighted by Gasteiger charge is 2.16. The van der Waals surface area contributed by atoms with E-state index in [2.05, 4.69) is 17.3 Å². The smallest absolute Gasteiger partial charge is 0.123 e. The van der Waals surface area contributed by atoms with Crippen LogP contribution in [-0.4, -0.2) is 4.98 Å². The molecule has 1 atom stereocenters. The summed E-state index contributed by atoms with van der Waals surface area (Å²) in [5.74, 6) is 5.36. The summed E-state index contributed by atoms with van der Waals surface area (Å²) < 4.78 is 12.9. The average molecular weight is 245 g/mol. The standard InChI is InChI=1S/C14H16FN3/c1-2-10-4-3-9-17-13(10)14(18-16)11-5-7-12(15)8-6-11/h3-9,14,18H,2,16H2,1H3. The van der Waals surface area contributed by atoms with Gasteiger partial charge in [-0.2, -0.15) is 0 Å². The van der Waals surface area contributed by atoms with E-state index in [1.165, 1.54) is 12.1 Å². The molecule has 0 saturated carbocycles. The lowest BCUT2D eigenvalue weighted by Gasteiger charge is -2.18. The van der Waals surface area contributed by atoms with E-state index in [-0.39, 0.29) is 11.9 Å². The Kier molecular flexibility index (Phi) is 4.02. The maximum Gasteiger partial charge on any atom is 0.123 e. The zero-order valence-electron chi connectivity index (χ0n) is 10.2. The third-order valence-corrected chi connectivity index (χ3v) is 2.95. The van der Waals surface area contributed by atoms with Crippen molar-refractivity contribution in [2.75, 3.05) is 0 Å². The molecule has 94 valence electrons. The molecule has 0 aliphatic heterocycles. The van der Waals surface area contributed by atoms with Gasteiger partial charge in [0.1, 0.15) is 5.82 Å². The molecule has 0 amide bonds. The van der Waals surface area contributed by atoms with Crippen LogP contribution < -0.4 is 11.3 Å². The zero-order chi connectivity index (χ0) is 13.0. The summed E-state index contributed by atoms with van der Waals surface area (Å²) in [6.45, 7) is 2.07. The number of hydrogen-bond donors (Lipinski definition) is 2. The fourth-order valence-electron chi connectivity index (χ4n) is 2.00. The largest absolute Gasteiger partial charge is 0.271 e. The van der Waals surface area contributed by atoms with Crippen molar-refractivity contribution in [3.05, 3.63) is 65.2 Å². The molecule has 0 bridgehead atoms. The lowest BCUT2D eigenvalue weighted by atomic mass is 9.99. The number of pyridine rings is 1. The number of aromatic nitrogens is 1. The number of nitrogens with one attached hydrogen (secondary N) is 1. The Hall–Kier alpha value is -1.78. The minimum absolute atomic E-state index is 0.221. The number of nitrogens with zero attached hydrogens (tertiary/aromatic N) is 1. The molecule has 3 nitrogen and oxygen atoms in total. The van der Waals surface area contributed by atoms with E-state index in [0.717, 1.165) is 23.2 Å². The Bertz CT molecular complexity index is 511. The van der Waals surface area contributed by atoms with Gasteiger partial charge in [0.25, 0.3) is 0 Å². The van der Waals surface area contributed by atoms with Crippen molar-refractivity contribution in [1.29, 1.82) is 0 Å². The predicted octanol–water partition coefficient (Wildman–Crippen LogP) is 2.34. The van der Waals surface area contributed by atoms with Crippen molar-refractivity contribution in [1.82, 2.24) is 10.4 Å². The maximum atomic E-state index is 12.9. The first kappa shape index (κ1) is 12.7. The number of halogens is 1. The Morgan fingerprint density at radius 3 is 2.61 bits per heavy atom. The third kappa shape index (κ3) is 2.55. The van der Waals surface area contributed by atoms with Crippen LogP contribution in [-0.2, 0) is 6.42 Å². The van der Waals surface area contributed by atoms with E-state index in [1.54, 1.807) is 18.3 Å². The lowest BCUT2D eigenvalue weighted by Crippen LogP contribution is -2.30. The van der Waals surface area contributed by atoms with Crippen LogP contribution in [0.15, 0.2) is 42.6 Å². The fourth-order valence-corrected chi connectivity index (χ4v) is 2.00. The van der Waals surface area contributed by atoms with Gasteiger partial charge in [0, 0.05) is 6.20 Å². The highest BCUT2D eigenvalue weighted by molar-refractivity contribution is 5.32. The number of aryl methyl sites for hydroxylation is 1. The maximum absolute atomic E-state index is 12.9. The molecule has 1 aromatic heterocycles. The van der Waals surface area contributed by atoms with Crippen LogP contribution in [0, 0.1) is 5.82 Å². The Balaban J connectivity index is 2.41. The Morgan fingerprint density at radius 2 is 2.00 bits per heavy atom. The number of hydrogen-bond acceptors (Lipinski definition) is 3. The van der Waals surface area contributed by atoms with Crippen molar-refractivity contribution < 1.29 is 4.39 Å². The molecular weight excluding hydrogens is 229 g/mol. The third-order valence-electron chi connectivity index (χ3n) is 2.95. The molecule has 2 rings (SSSR count). The topological polar surface area (TPSA) is 50.9 Å². The van der Waals surface area contributed by atoms with E-state index in [0.29, 0.717) is 0 Å². The molecule has 0 saturated heterocycles. The van der Waals surface area contributed by atoms with Gasteiger partial charge in [0.05, 0.1) is 11.7 Å². The first-order chi connectivity index (χ1) is 8.76. The van der Waals surface area contributed by atoms with Crippen LogP contribution in [0.3, 0.4) is 0 Å². The number of rotatable bonds is 4. The molecule has 1 aromatic carbocycles. The molecular formula is C14H16FN3. The molecule has 1 heterocycles. The van der Waals surface area contributed by atoms with Crippen LogP contribution in [0.2, 0.25) is 0 Å². The highest BCUT2D eigenvalue weighted by atomic mass is 19.1. The monoisotopic (exact) mass is 245 g/mol. The molecule has 1 unspecified atom stereocenters. The van der Waals surface area contributed by atoms with Crippen molar-refractivity contribution in [2.24, 2.45) is 5.84 Å². The molecule has 3 N–H and O–H groups in total. The first-order valence-corrected chi connectivity index (χ1v) is 5.91. The van der Waals surface area contributed by atoms with E-state index in [1.807, 2.05) is 12.1 Å². The minimum Gasteiger partial charge on any atom is -0.271 e. The second-order valence-corrected chi connectivity index (χ2v) is 4.05. The SMILES string of the molecule is CCc1cccnc1C(NN)c1ccc(F)cc1. The van der Waals surface area contributed by atoms with Gasteiger partial charge in [-0.3, -0.25) is 10.8 Å². The average Bonchev–Trinajstić information content (AvgIpc) is 2.42. The van der Waals surface area contributed by atoms with Gasteiger partial charge in [-0.25, -0.2) is 9.82 Å². The Labute approximate surface area is 106 Å². The summed E-state index contributed by atoms with van der Waals surface area (Å²) in [4.78, 5) is 4.38. The van der Waals surface area contributed by atoms with E-state index in [4.69, 9.17) is 5.84 Å². The first-order valence-electron chi connectivity index (χ1n) is 5.91. The minimum atomic E-state index is -0.258. The fraction of sp³-hybridized carbons (Fsp3) is 0.214. The van der Waals surface area contributed by atoms with Crippen molar-refractivity contribution in [3.63, 3.8) is 0 Å². The highest BCUT2D eigenvalue weighted by Crippen LogP contribution is 2.23. The van der Waals surface area contributed by atoms with Gasteiger partial charge in [-0.05, 0) is 35.7 Å². The van der Waals surface area contributed by atoms with E-state index in [9.17, 15) is 4.39 Å². The van der Waals surface area contributed by atoms with E-state index >= 15 is 0 Å². The number of nitrogens with two attached hydrogens (primary N) is 1. The summed E-state index contributed by atoms with van der Waals surface area (Å²) in [5.41, 5.74) is 5.65. The normalized spacial score (nSPS) is 12.4. The van der Waals surface area contributed by atoms with Crippen molar-refractivity contribution >= 4 is 0 Å². The van der Waals surface area contributed by atoms with Crippen LogP contribution in [0.5, 0.6) is 0 Å². The van der Waals surface area contributed by atoms with Crippen LogP contribution in [0.1, 0.15) is 29.8 Å². The molecule has 0 aliphatic carbocycles. The van der Waals surface area contributed by atoms with Gasteiger partial charge in [-0.1, -0.05) is 25.1 Å². The van der Waals surface area contributed by atoms with Crippen LogP contribution in [0.25, 0.3) is 0 Å². The number of benzene rings is 1. The summed E-state index contributed by atoms with van der Waals surface area (Å²) in [6, 6.07) is 9.99. The second-order valence-electron chi connectivity index (χ2n) is 4.05. The van der Waals surface area contributed by atoms with Crippen molar-refractivity contribution in [2.45, 2.75) is 19.4 Å². The van der Waals surface area contributed by atoms with Crippen LogP contribution in [0.4, 0.5) is 4.39 Å². The lowest BCUT2D eigenvalue weighted by molar-refractivity contribution is 0.604. The number of hydrazine groups is 1. The van der Waals surface area contributed by atoms with Gasteiger partial charge < -0.3 is 0 Å². The zero-order valence-corrected chi connectivity index (χ0v) is 10.2. The van der Waals surface area contributed by atoms with Gasteiger partial charge in [0.2, 0.25) is 0 Å². The predicted molar refractivity (Wildman–Crippen MR) is 69.2 cm³/mol. The summed E-state index contributed by atoms with van der Waals surface area (Å²) in [5, 5.41) is 0. The molecule has 0 spiro atoms. The molecule has 0 aliphatic rings. The molecule has 18 heavy (non-hydrogen) atoms. The summed E-state index contributed by atoms with van der Waals surface area (Å²) >= 11 is 0. The van der Waals surface area contributed by atoms with E-state index < -0.39 is 0 Å². The van der Waals surface area contributed by atoms with Crippen molar-refractivity contribution in [3.8, 4) is 0 Å². The van der Waals surface area contributed by atoms with Crippen LogP contribution >= 0.6 is 0 Å². The summed E-state index contributed by atoms with van der Waals surface area (Å²) in [6.07, 6.45) is 2.62. The van der Waals surface area contributed by atoms with Gasteiger partial charge in [0.15, 0.2) is 0 Å². The van der Waals surface area contributed by atoms with Gasteiger partial charge in [-0.15, -0.1) is 0 Å². The summed E-state index contributed by atoms with van der Waals surface area (Å²) in [7, 11) is 0. The Morgan fingerprint density at radius 1 is 1.28 bits per heavy atom. The molecule has 0 fully saturated rings. The second kappa shape index (κ2) is 5.71.